The molecule has 96 valence electrons. The molecule has 0 radical (unpaired) electrons. The van der Waals surface area contributed by atoms with Crippen LogP contribution in [0.3, 0.4) is 0 Å². The normalized spacial score (nSPS) is 31.7. The average molecular weight is 256 g/mol. The van der Waals surface area contributed by atoms with Crippen molar-refractivity contribution in [1.29, 1.82) is 0 Å². The van der Waals surface area contributed by atoms with E-state index in [1.165, 1.54) is 0 Å². The summed E-state index contributed by atoms with van der Waals surface area (Å²) in [7, 11) is 0. The molecule has 2 bridgehead atoms. The second-order valence-electron chi connectivity index (χ2n) is 5.96. The Kier molecular flexibility index (Phi) is 3.06. The lowest BCUT2D eigenvalue weighted by molar-refractivity contribution is 0.0144. The van der Waals surface area contributed by atoms with E-state index in [0.29, 0.717) is 10.9 Å². The van der Waals surface area contributed by atoms with Gasteiger partial charge in [0.05, 0.1) is 11.0 Å². The molecule has 3 atom stereocenters. The van der Waals surface area contributed by atoms with E-state index in [-0.39, 0.29) is 18.2 Å². The highest BCUT2D eigenvalue weighted by molar-refractivity contribution is 7.80. The summed E-state index contributed by atoms with van der Waals surface area (Å²) in [6, 6.07) is 0.167. The fourth-order valence-electron chi connectivity index (χ4n) is 2.93. The molecule has 2 N–H and O–H groups in total. The van der Waals surface area contributed by atoms with Crippen LogP contribution in [0.4, 0.5) is 4.79 Å². The molecule has 2 rings (SSSR count). The van der Waals surface area contributed by atoms with Crippen LogP contribution in [0.25, 0.3) is 0 Å². The predicted octanol–water partition coefficient (Wildman–Crippen LogP) is 2.06. The van der Waals surface area contributed by atoms with Crippen LogP contribution < -0.4 is 5.73 Å². The zero-order valence-electron chi connectivity index (χ0n) is 10.6. The second kappa shape index (κ2) is 4.12. The summed E-state index contributed by atoms with van der Waals surface area (Å²) in [5, 5.41) is 0. The first kappa shape index (κ1) is 12.6. The molecule has 2 aliphatic rings. The summed E-state index contributed by atoms with van der Waals surface area (Å²) in [5.74, 6) is 0.435. The van der Waals surface area contributed by atoms with E-state index in [4.69, 9.17) is 22.7 Å². The Morgan fingerprint density at radius 1 is 1.41 bits per heavy atom. The van der Waals surface area contributed by atoms with Crippen LogP contribution in [0.2, 0.25) is 0 Å². The molecule has 1 amide bonds. The maximum Gasteiger partial charge on any atom is 0.411 e. The molecule has 0 aromatic rings. The third-order valence-electron chi connectivity index (χ3n) is 3.48. The Labute approximate surface area is 107 Å². The number of piperidine rings is 1. The molecule has 4 nitrogen and oxygen atoms in total. The topological polar surface area (TPSA) is 55.6 Å². The molecule has 5 heteroatoms. The van der Waals surface area contributed by atoms with Crippen molar-refractivity contribution in [3.05, 3.63) is 0 Å². The number of carbonyl (C=O) groups excluding carboxylic acids is 1. The number of thiocarbonyl (C=S) groups is 1. The van der Waals surface area contributed by atoms with Crippen LogP contribution in [0, 0.1) is 5.92 Å². The fraction of sp³-hybridized carbons (Fsp3) is 0.833. The number of hydrogen-bond donors (Lipinski definition) is 1. The van der Waals surface area contributed by atoms with Crippen molar-refractivity contribution >= 4 is 23.3 Å². The molecule has 2 fully saturated rings. The number of ether oxygens (including phenoxy) is 1. The molecule has 0 spiro atoms. The van der Waals surface area contributed by atoms with Gasteiger partial charge in [0.25, 0.3) is 0 Å². The number of carbonyl (C=O) groups is 1. The lowest BCUT2D eigenvalue weighted by Crippen LogP contribution is -2.52. The number of hydrogen-bond acceptors (Lipinski definition) is 3. The van der Waals surface area contributed by atoms with Gasteiger partial charge in [-0.2, -0.15) is 0 Å². The molecule has 1 saturated heterocycles. The molecule has 1 heterocycles. The quantitative estimate of drug-likeness (QED) is 0.730. The Morgan fingerprint density at radius 2 is 2.06 bits per heavy atom. The first-order valence-corrected chi connectivity index (χ1v) is 6.51. The van der Waals surface area contributed by atoms with E-state index < -0.39 is 5.60 Å². The molecular formula is C12H20N2O2S. The van der Waals surface area contributed by atoms with Gasteiger partial charge in [0.1, 0.15) is 5.60 Å². The molecule has 0 aromatic heterocycles. The molecule has 17 heavy (non-hydrogen) atoms. The van der Waals surface area contributed by atoms with Crippen molar-refractivity contribution < 1.29 is 9.53 Å². The number of nitrogens with two attached hydrogens (primary N) is 1. The van der Waals surface area contributed by atoms with Crippen molar-refractivity contribution in [1.82, 2.24) is 4.90 Å². The second-order valence-corrected chi connectivity index (χ2v) is 6.43. The zero-order chi connectivity index (χ0) is 12.8. The summed E-state index contributed by atoms with van der Waals surface area (Å²) in [6.07, 6.45) is 2.90. The highest BCUT2D eigenvalue weighted by Gasteiger charge is 2.50. The minimum Gasteiger partial charge on any atom is -0.444 e. The number of nitrogens with zero attached hydrogens (tertiary/aromatic N) is 1. The molecule has 0 aromatic carbocycles. The van der Waals surface area contributed by atoms with E-state index in [2.05, 4.69) is 0 Å². The summed E-state index contributed by atoms with van der Waals surface area (Å²) >= 11 is 5.09. The Balaban J connectivity index is 2.14. The van der Waals surface area contributed by atoms with Crippen LogP contribution in [0.15, 0.2) is 0 Å². The van der Waals surface area contributed by atoms with Crippen molar-refractivity contribution in [3.8, 4) is 0 Å². The number of rotatable bonds is 1. The van der Waals surface area contributed by atoms with Gasteiger partial charge < -0.3 is 10.5 Å². The highest BCUT2D eigenvalue weighted by Crippen LogP contribution is 2.43. The van der Waals surface area contributed by atoms with E-state index in [1.807, 2.05) is 20.8 Å². The fourth-order valence-corrected chi connectivity index (χ4v) is 3.24. The van der Waals surface area contributed by atoms with Gasteiger partial charge in [-0.25, -0.2) is 4.79 Å². The first-order valence-electron chi connectivity index (χ1n) is 6.10. The summed E-state index contributed by atoms with van der Waals surface area (Å²) < 4.78 is 5.43. The minimum atomic E-state index is -0.473. The Bertz CT molecular complexity index is 351. The molecular weight excluding hydrogens is 236 g/mol. The van der Waals surface area contributed by atoms with Crippen LogP contribution in [-0.2, 0) is 4.74 Å². The lowest BCUT2D eigenvalue weighted by atomic mass is 9.99. The van der Waals surface area contributed by atoms with Crippen molar-refractivity contribution in [3.63, 3.8) is 0 Å². The Hall–Kier alpha value is -0.840. The smallest absolute Gasteiger partial charge is 0.411 e. The van der Waals surface area contributed by atoms with Crippen LogP contribution >= 0.6 is 12.2 Å². The molecule has 1 saturated carbocycles. The van der Waals surface area contributed by atoms with Crippen LogP contribution in [0.5, 0.6) is 0 Å². The maximum absolute atomic E-state index is 12.2. The van der Waals surface area contributed by atoms with E-state index in [1.54, 1.807) is 4.90 Å². The maximum atomic E-state index is 12.2. The largest absolute Gasteiger partial charge is 0.444 e. The number of amides is 1. The first-order chi connectivity index (χ1) is 7.79. The van der Waals surface area contributed by atoms with E-state index in [0.717, 1.165) is 19.3 Å². The van der Waals surface area contributed by atoms with Crippen molar-refractivity contribution in [2.24, 2.45) is 11.7 Å². The van der Waals surface area contributed by atoms with Gasteiger partial charge >= 0.3 is 6.09 Å². The lowest BCUT2D eigenvalue weighted by Gasteiger charge is -2.35. The third kappa shape index (κ3) is 2.39. The Morgan fingerprint density at radius 3 is 2.59 bits per heavy atom. The van der Waals surface area contributed by atoms with E-state index >= 15 is 0 Å². The van der Waals surface area contributed by atoms with Gasteiger partial charge in [0, 0.05) is 6.04 Å². The van der Waals surface area contributed by atoms with Crippen molar-refractivity contribution in [2.75, 3.05) is 0 Å². The van der Waals surface area contributed by atoms with Gasteiger partial charge in [0.2, 0.25) is 0 Å². The minimum absolute atomic E-state index is 0.0985. The van der Waals surface area contributed by atoms with Gasteiger partial charge in [-0.3, -0.25) is 4.90 Å². The predicted molar refractivity (Wildman–Crippen MR) is 69.8 cm³/mol. The average Bonchev–Trinajstić information content (AvgIpc) is 2.72. The molecule has 1 aliphatic heterocycles. The molecule has 1 aliphatic carbocycles. The summed E-state index contributed by atoms with van der Waals surface area (Å²) in [4.78, 5) is 14.3. The number of likely N-dealkylation sites (tertiary alicyclic amines) is 1. The summed E-state index contributed by atoms with van der Waals surface area (Å²) in [5.41, 5.74) is 5.29. The van der Waals surface area contributed by atoms with E-state index in [9.17, 15) is 4.79 Å². The monoisotopic (exact) mass is 256 g/mol. The SMILES string of the molecule is CC(C)(C)OC(=O)N1[C@H]2CC[C@H](C2)[C@@H]1C(N)=S. The van der Waals surface area contributed by atoms with Gasteiger partial charge in [-0.15, -0.1) is 0 Å². The van der Waals surface area contributed by atoms with Gasteiger partial charge in [-0.05, 0) is 46.0 Å². The van der Waals surface area contributed by atoms with Gasteiger partial charge in [-0.1, -0.05) is 12.2 Å². The zero-order valence-corrected chi connectivity index (χ0v) is 11.4. The summed E-state index contributed by atoms with van der Waals surface area (Å²) in [6.45, 7) is 5.61. The van der Waals surface area contributed by atoms with Crippen LogP contribution in [0.1, 0.15) is 40.0 Å². The van der Waals surface area contributed by atoms with Crippen molar-refractivity contribution in [2.45, 2.75) is 57.7 Å². The standard InChI is InChI=1S/C12H20N2O2S/c1-12(2,3)16-11(15)14-8-5-4-7(6-8)9(14)10(13)17/h7-9H,4-6H2,1-3H3,(H2,13,17)/t7-,8+,9-/m1/s1. The van der Waals surface area contributed by atoms with Crippen LogP contribution in [-0.4, -0.2) is 33.7 Å². The van der Waals surface area contributed by atoms with Gasteiger partial charge in [0.15, 0.2) is 0 Å². The third-order valence-corrected chi connectivity index (χ3v) is 3.72. The molecule has 0 unspecified atom stereocenters. The number of fused-ring (bicyclic) bond motifs is 2. The highest BCUT2D eigenvalue weighted by atomic mass is 32.1.